The van der Waals surface area contributed by atoms with E-state index in [0.29, 0.717) is 17.5 Å². The van der Waals surface area contributed by atoms with Gasteiger partial charge in [0.25, 0.3) is 0 Å². The number of phosphoric acid groups is 2. The van der Waals surface area contributed by atoms with Gasteiger partial charge in [-0.15, -0.1) is 0 Å². The van der Waals surface area contributed by atoms with Crippen molar-refractivity contribution in [2.75, 3.05) is 0 Å². The summed E-state index contributed by atoms with van der Waals surface area (Å²) >= 11 is 0. The number of benzene rings is 2. The van der Waals surface area contributed by atoms with Gasteiger partial charge in [0.1, 0.15) is 11.5 Å². The van der Waals surface area contributed by atoms with Crippen molar-refractivity contribution in [1.29, 1.82) is 0 Å². The molecule has 0 aliphatic heterocycles. The van der Waals surface area contributed by atoms with E-state index in [9.17, 15) is 28.7 Å². The topological polar surface area (TPSA) is 134 Å². The Morgan fingerprint density at radius 1 is 0.550 bits per heavy atom. The van der Waals surface area contributed by atoms with Crippen LogP contribution in [0.4, 0.5) is 0 Å². The van der Waals surface area contributed by atoms with Crippen LogP contribution in [0.25, 0.3) is 0 Å². The van der Waals surface area contributed by atoms with Gasteiger partial charge in [0.15, 0.2) is 0 Å². The Morgan fingerprint density at radius 3 is 1.02 bits per heavy atom. The van der Waals surface area contributed by atoms with Gasteiger partial charge in [-0.05, 0) is 62.5 Å². The van der Waals surface area contributed by atoms with Gasteiger partial charge in [-0.1, -0.05) is 95.2 Å². The van der Waals surface area contributed by atoms with E-state index in [1.54, 1.807) is 12.1 Å². The van der Waals surface area contributed by atoms with E-state index >= 15 is 0 Å². The third kappa shape index (κ3) is 9.69. The molecule has 8 nitrogen and oxygen atoms in total. The van der Waals surface area contributed by atoms with Crippen molar-refractivity contribution in [1.82, 2.24) is 0 Å². The summed E-state index contributed by atoms with van der Waals surface area (Å²) in [6.07, 6.45) is 0.329. The molecule has 222 valence electrons. The summed E-state index contributed by atoms with van der Waals surface area (Å²) < 4.78 is 34.4. The number of rotatable bonds is 6. The molecule has 0 unspecified atom stereocenters. The minimum atomic E-state index is -4.85. The number of hydrogen-bond acceptors (Lipinski definition) is 4. The molecule has 40 heavy (non-hydrogen) atoms. The normalized spacial score (nSPS) is 13.6. The first-order valence-electron chi connectivity index (χ1n) is 13.0. The summed E-state index contributed by atoms with van der Waals surface area (Å²) in [5.74, 6) is 0.215. The molecule has 0 aliphatic rings. The molecule has 0 aromatic heterocycles. The Morgan fingerprint density at radius 2 is 0.825 bits per heavy atom. The third-order valence-electron chi connectivity index (χ3n) is 6.45. The molecule has 0 radical (unpaired) electrons. The molecule has 0 spiro atoms. The fourth-order valence-electron chi connectivity index (χ4n) is 5.25. The molecule has 0 saturated carbocycles. The van der Waals surface area contributed by atoms with Crippen LogP contribution in [0, 0.1) is 0 Å². The molecule has 0 aliphatic carbocycles. The Hall–Kier alpha value is -0.660. The van der Waals surface area contributed by atoms with Crippen molar-refractivity contribution < 1.29 is 37.8 Å². The van der Waals surface area contributed by atoms with Gasteiger partial charge in [0, 0.05) is 11.1 Å². The minimum absolute atomic E-state index is 0. The van der Waals surface area contributed by atoms with Gasteiger partial charge in [0.05, 0.1) is 0 Å². The average Bonchev–Trinajstić information content (AvgIpc) is 2.61. The number of phosphoric ester groups is 2. The molecule has 0 saturated heterocycles. The summed E-state index contributed by atoms with van der Waals surface area (Å²) in [4.78, 5) is 38.9. The molecular formula is C29H47NaO8P2. The van der Waals surface area contributed by atoms with E-state index in [-0.39, 0.29) is 51.9 Å². The summed E-state index contributed by atoms with van der Waals surface area (Å²) in [6, 6.07) is 6.93. The van der Waals surface area contributed by atoms with Crippen LogP contribution in [-0.2, 0) is 37.2 Å². The molecule has 2 aromatic carbocycles. The maximum atomic E-state index is 12.0. The second kappa shape index (κ2) is 12.1. The van der Waals surface area contributed by atoms with Crippen LogP contribution in [0.1, 0.15) is 116 Å². The predicted molar refractivity (Wildman–Crippen MR) is 163 cm³/mol. The SMILES string of the molecule is CC(C)(C)c1ccc(OP(=O)(O)O)c(C(C)(C)C)c1Cc1c(C(C)(C)C)ccc(OP(=O)(O)O)c1C(C)(C)C.[NaH]. The van der Waals surface area contributed by atoms with E-state index in [4.69, 9.17) is 9.05 Å². The third-order valence-corrected chi connectivity index (χ3v) is 7.32. The molecule has 0 amide bonds. The second-order valence-electron chi connectivity index (χ2n) is 14.3. The molecule has 4 N–H and O–H groups in total. The molecule has 0 heterocycles. The summed E-state index contributed by atoms with van der Waals surface area (Å²) in [6.45, 7) is 24.2. The molecular weight excluding hydrogens is 561 g/mol. The molecule has 2 rings (SSSR count). The van der Waals surface area contributed by atoms with Crippen LogP contribution < -0.4 is 9.05 Å². The average molecular weight is 609 g/mol. The Balaban J connectivity index is 0.00000800. The van der Waals surface area contributed by atoms with Crippen LogP contribution in [0.3, 0.4) is 0 Å². The summed E-state index contributed by atoms with van der Waals surface area (Å²) in [7, 11) is -9.70. The van der Waals surface area contributed by atoms with Crippen LogP contribution in [0.2, 0.25) is 0 Å². The van der Waals surface area contributed by atoms with Crippen LogP contribution in [-0.4, -0.2) is 49.1 Å². The Labute approximate surface area is 262 Å². The van der Waals surface area contributed by atoms with Crippen LogP contribution >= 0.6 is 15.6 Å². The van der Waals surface area contributed by atoms with Gasteiger partial charge < -0.3 is 9.05 Å². The zero-order valence-electron chi connectivity index (χ0n) is 25.3. The Bertz CT molecular complexity index is 1210. The van der Waals surface area contributed by atoms with E-state index in [0.717, 1.165) is 22.3 Å². The zero-order valence-corrected chi connectivity index (χ0v) is 27.1. The second-order valence-corrected chi connectivity index (χ2v) is 16.6. The van der Waals surface area contributed by atoms with Crippen molar-refractivity contribution >= 4 is 45.2 Å². The van der Waals surface area contributed by atoms with Gasteiger partial charge in [-0.3, -0.25) is 19.6 Å². The monoisotopic (exact) mass is 608 g/mol. The first kappa shape index (κ1) is 37.4. The molecule has 2 aromatic rings. The molecule has 0 atom stereocenters. The van der Waals surface area contributed by atoms with Gasteiger partial charge in [0.2, 0.25) is 0 Å². The quantitative estimate of drug-likeness (QED) is 0.209. The maximum absolute atomic E-state index is 12.0. The van der Waals surface area contributed by atoms with Crippen molar-refractivity contribution in [3.63, 3.8) is 0 Å². The molecule has 0 bridgehead atoms. The summed E-state index contributed by atoms with van der Waals surface area (Å²) in [5.41, 5.74) is 3.20. The standard InChI is InChI=1S/C29H46O8P2.Na.H/c1-26(2,3)20-13-15-22(36-38(30,31)32)24(28(7,8)9)18(20)17-19-21(27(4,5)6)14-16-23(37-39(33,34)35)25(19)29(10,11)12;;/h13-16H,17H2,1-12H3,(H2,30,31,32)(H2,33,34,35);;. The first-order chi connectivity index (χ1) is 17.1. The predicted octanol–water partition coefficient (Wildman–Crippen LogP) is 6.76. The van der Waals surface area contributed by atoms with Gasteiger partial charge >= 0.3 is 45.2 Å². The molecule has 0 fully saturated rings. The van der Waals surface area contributed by atoms with Gasteiger partial charge in [-0.25, -0.2) is 9.13 Å². The number of hydrogen-bond donors (Lipinski definition) is 4. The van der Waals surface area contributed by atoms with E-state index in [1.165, 1.54) is 0 Å². The van der Waals surface area contributed by atoms with Crippen molar-refractivity contribution in [2.24, 2.45) is 0 Å². The van der Waals surface area contributed by atoms with Crippen molar-refractivity contribution in [2.45, 2.75) is 111 Å². The zero-order chi connectivity index (χ0) is 30.6. The van der Waals surface area contributed by atoms with Crippen LogP contribution in [0.5, 0.6) is 11.5 Å². The van der Waals surface area contributed by atoms with Crippen molar-refractivity contribution in [3.05, 3.63) is 57.6 Å². The van der Waals surface area contributed by atoms with E-state index in [2.05, 4.69) is 41.5 Å². The van der Waals surface area contributed by atoms with E-state index in [1.807, 2.05) is 53.7 Å². The first-order valence-corrected chi connectivity index (χ1v) is 16.0. The molecule has 11 heteroatoms. The van der Waals surface area contributed by atoms with E-state index < -0.39 is 26.5 Å². The fraction of sp³-hybridized carbons (Fsp3) is 0.586. The summed E-state index contributed by atoms with van der Waals surface area (Å²) in [5, 5.41) is 0. The van der Waals surface area contributed by atoms with Crippen molar-refractivity contribution in [3.8, 4) is 11.5 Å². The Kier molecular flexibility index (Phi) is 11.3. The van der Waals surface area contributed by atoms with Gasteiger partial charge in [-0.2, -0.15) is 0 Å². The van der Waals surface area contributed by atoms with Crippen LogP contribution in [0.15, 0.2) is 24.3 Å². The fourth-order valence-corrected chi connectivity index (χ4v) is 6.07.